The number of benzene rings is 2. The standard InChI is InChI=1S/C22H20ClN5O2S/c1-12-4-7-16(8-5-12)28-22(11-13(2)26-28)19(23)20(30)27(22)21-25-17-9-6-15(24-14(3)29)10-18(17)31-21/h4-10,19H,11H2,1-3H3,(H,24,29). The molecule has 31 heavy (non-hydrogen) atoms. The first-order chi connectivity index (χ1) is 14.8. The molecule has 1 spiro atoms. The van der Waals surface area contributed by atoms with Crippen molar-refractivity contribution < 1.29 is 9.59 Å². The lowest BCUT2D eigenvalue weighted by Gasteiger charge is -2.55. The fourth-order valence-corrected chi connectivity index (χ4v) is 5.63. The van der Waals surface area contributed by atoms with E-state index >= 15 is 0 Å². The van der Waals surface area contributed by atoms with Gasteiger partial charge in [-0.15, -0.1) is 11.6 Å². The van der Waals surface area contributed by atoms with Crippen molar-refractivity contribution in [3.63, 3.8) is 0 Å². The van der Waals surface area contributed by atoms with Crippen LogP contribution < -0.4 is 15.2 Å². The van der Waals surface area contributed by atoms with E-state index in [1.165, 1.54) is 18.3 Å². The molecule has 2 aliphatic rings. The van der Waals surface area contributed by atoms with E-state index in [1.807, 2.05) is 55.3 Å². The number of amides is 2. The zero-order valence-corrected chi connectivity index (χ0v) is 18.8. The third kappa shape index (κ3) is 3.01. The van der Waals surface area contributed by atoms with Gasteiger partial charge >= 0.3 is 0 Å². The van der Waals surface area contributed by atoms with Crippen LogP contribution in [-0.2, 0) is 9.59 Å². The van der Waals surface area contributed by atoms with E-state index in [1.54, 1.807) is 11.0 Å². The van der Waals surface area contributed by atoms with Gasteiger partial charge in [0.25, 0.3) is 5.91 Å². The number of halogens is 1. The smallest absolute Gasteiger partial charge is 0.253 e. The van der Waals surface area contributed by atoms with Crippen LogP contribution in [0.15, 0.2) is 47.6 Å². The minimum absolute atomic E-state index is 0.140. The van der Waals surface area contributed by atoms with Gasteiger partial charge in [0.05, 0.1) is 15.9 Å². The van der Waals surface area contributed by atoms with Gasteiger partial charge < -0.3 is 5.32 Å². The lowest BCUT2D eigenvalue weighted by molar-refractivity contribution is -0.126. The van der Waals surface area contributed by atoms with E-state index in [0.29, 0.717) is 17.2 Å². The van der Waals surface area contributed by atoms with Gasteiger partial charge in [0, 0.05) is 24.7 Å². The Hall–Kier alpha value is -2.97. The number of nitrogens with one attached hydrogen (secondary N) is 1. The van der Waals surface area contributed by atoms with Crippen LogP contribution in [0.3, 0.4) is 0 Å². The molecule has 9 heteroatoms. The average Bonchev–Trinajstić information content (AvgIpc) is 3.29. The zero-order chi connectivity index (χ0) is 21.9. The van der Waals surface area contributed by atoms with Crippen molar-refractivity contribution in [3.8, 4) is 0 Å². The van der Waals surface area contributed by atoms with Crippen LogP contribution >= 0.6 is 22.9 Å². The number of nitrogens with zero attached hydrogens (tertiary/aromatic N) is 4. The summed E-state index contributed by atoms with van der Waals surface area (Å²) in [4.78, 5) is 30.7. The number of carbonyl (C=O) groups excluding carboxylic acids is 2. The summed E-state index contributed by atoms with van der Waals surface area (Å²) in [6.45, 7) is 5.43. The second-order valence-electron chi connectivity index (χ2n) is 7.93. The Morgan fingerprint density at radius 2 is 1.97 bits per heavy atom. The number of hydrogen-bond acceptors (Lipinski definition) is 6. The van der Waals surface area contributed by atoms with Gasteiger partial charge in [0.15, 0.2) is 16.2 Å². The second-order valence-corrected chi connectivity index (χ2v) is 9.38. The number of carbonyl (C=O) groups is 2. The first-order valence-corrected chi connectivity index (χ1v) is 11.1. The molecule has 7 nitrogen and oxygen atoms in total. The maximum absolute atomic E-state index is 13.0. The number of hydrazone groups is 1. The van der Waals surface area contributed by atoms with E-state index < -0.39 is 11.0 Å². The highest BCUT2D eigenvalue weighted by Crippen LogP contribution is 2.51. The highest BCUT2D eigenvalue weighted by atomic mass is 35.5. The average molecular weight is 454 g/mol. The molecule has 1 saturated heterocycles. The fraction of sp³-hybridized carbons (Fsp3) is 0.273. The Bertz CT molecular complexity index is 1250. The summed E-state index contributed by atoms with van der Waals surface area (Å²) in [6, 6.07) is 13.5. The summed E-state index contributed by atoms with van der Waals surface area (Å²) in [5.74, 6) is -0.330. The summed E-state index contributed by atoms with van der Waals surface area (Å²) >= 11 is 8.05. The van der Waals surface area contributed by atoms with Crippen LogP contribution in [0.5, 0.6) is 0 Å². The predicted octanol–water partition coefficient (Wildman–Crippen LogP) is 4.50. The molecule has 5 rings (SSSR count). The minimum Gasteiger partial charge on any atom is -0.326 e. The van der Waals surface area contributed by atoms with Crippen molar-refractivity contribution in [1.29, 1.82) is 0 Å². The van der Waals surface area contributed by atoms with Gasteiger partial charge in [0.2, 0.25) is 5.91 Å². The van der Waals surface area contributed by atoms with E-state index in [-0.39, 0.29) is 11.8 Å². The van der Waals surface area contributed by atoms with E-state index in [9.17, 15) is 9.59 Å². The summed E-state index contributed by atoms with van der Waals surface area (Å²) in [7, 11) is 0. The Balaban J connectivity index is 1.57. The number of thiazole rings is 1. The third-order valence-corrected chi connectivity index (χ3v) is 7.09. The van der Waals surface area contributed by atoms with Gasteiger partial charge in [-0.3, -0.25) is 14.5 Å². The fourth-order valence-electron chi connectivity index (χ4n) is 4.18. The second kappa shape index (κ2) is 7.03. The number of aromatic nitrogens is 1. The number of β-lactam (4-membered cyclic amide) rings is 1. The van der Waals surface area contributed by atoms with Crippen LogP contribution in [0, 0.1) is 6.92 Å². The summed E-state index contributed by atoms with van der Waals surface area (Å²) < 4.78 is 0.875. The Kier molecular flexibility index (Phi) is 4.53. The molecule has 158 valence electrons. The number of anilines is 3. The number of fused-ring (bicyclic) bond motifs is 1. The summed E-state index contributed by atoms with van der Waals surface area (Å²) in [6.07, 6.45) is 0.536. The molecule has 1 N–H and O–H groups in total. The molecule has 0 radical (unpaired) electrons. The van der Waals surface area contributed by atoms with Crippen LogP contribution in [0.2, 0.25) is 0 Å². The molecule has 1 aromatic heterocycles. The number of hydrogen-bond donors (Lipinski definition) is 1. The molecule has 3 aromatic rings. The normalized spacial score (nSPS) is 22.8. The van der Waals surface area contributed by atoms with Crippen molar-refractivity contribution in [3.05, 3.63) is 48.0 Å². The van der Waals surface area contributed by atoms with Crippen LogP contribution in [0.1, 0.15) is 25.8 Å². The van der Waals surface area contributed by atoms with Gasteiger partial charge in [-0.25, -0.2) is 9.99 Å². The molecule has 2 aromatic carbocycles. The molecular weight excluding hydrogens is 434 g/mol. The third-order valence-electron chi connectivity index (χ3n) is 5.55. The molecule has 2 unspecified atom stereocenters. The largest absolute Gasteiger partial charge is 0.326 e. The SMILES string of the molecule is CC(=O)Nc1ccc2nc(N3C(=O)C(Cl)C34CC(C)=NN4c3ccc(C)cc3)sc2c1. The molecule has 0 bridgehead atoms. The minimum atomic E-state index is -0.827. The molecule has 2 amide bonds. The lowest BCUT2D eigenvalue weighted by atomic mass is 9.88. The van der Waals surface area contributed by atoms with E-state index in [0.717, 1.165) is 27.2 Å². The molecule has 3 heterocycles. The van der Waals surface area contributed by atoms with E-state index in [2.05, 4.69) is 5.32 Å². The maximum Gasteiger partial charge on any atom is 0.253 e. The van der Waals surface area contributed by atoms with Crippen LogP contribution in [-0.4, -0.2) is 33.5 Å². The van der Waals surface area contributed by atoms with Crippen molar-refractivity contribution >= 4 is 67.2 Å². The first kappa shape index (κ1) is 20.0. The van der Waals surface area contributed by atoms with Gasteiger partial charge in [-0.05, 0) is 44.2 Å². The van der Waals surface area contributed by atoms with E-state index in [4.69, 9.17) is 21.7 Å². The molecule has 2 atom stereocenters. The van der Waals surface area contributed by atoms with Crippen LogP contribution in [0.4, 0.5) is 16.5 Å². The Morgan fingerprint density at radius 3 is 2.68 bits per heavy atom. The van der Waals surface area contributed by atoms with Crippen molar-refractivity contribution in [1.82, 2.24) is 4.98 Å². The quantitative estimate of drug-likeness (QED) is 0.468. The predicted molar refractivity (Wildman–Crippen MR) is 125 cm³/mol. The number of alkyl halides is 1. The monoisotopic (exact) mass is 453 g/mol. The Morgan fingerprint density at radius 1 is 1.23 bits per heavy atom. The summed E-state index contributed by atoms with van der Waals surface area (Å²) in [5, 5.41) is 9.19. The molecule has 0 aliphatic carbocycles. The molecule has 1 fully saturated rings. The summed E-state index contributed by atoms with van der Waals surface area (Å²) in [5.41, 5.74) is 3.54. The Labute approximate surface area is 188 Å². The first-order valence-electron chi connectivity index (χ1n) is 9.87. The molecule has 2 aliphatic heterocycles. The maximum atomic E-state index is 13.0. The van der Waals surface area contributed by atoms with Crippen LogP contribution in [0.25, 0.3) is 10.2 Å². The van der Waals surface area contributed by atoms with Crippen molar-refractivity contribution in [2.45, 2.75) is 38.2 Å². The number of aryl methyl sites for hydroxylation is 1. The van der Waals surface area contributed by atoms with Crippen molar-refractivity contribution in [2.24, 2.45) is 5.10 Å². The molecule has 0 saturated carbocycles. The zero-order valence-electron chi connectivity index (χ0n) is 17.2. The van der Waals surface area contributed by atoms with Gasteiger partial charge in [-0.2, -0.15) is 5.10 Å². The van der Waals surface area contributed by atoms with Gasteiger partial charge in [0.1, 0.15) is 0 Å². The van der Waals surface area contributed by atoms with Crippen molar-refractivity contribution in [2.75, 3.05) is 15.2 Å². The lowest BCUT2D eigenvalue weighted by Crippen LogP contribution is -2.78. The molecular formula is C22H20ClN5O2S. The highest BCUT2D eigenvalue weighted by molar-refractivity contribution is 7.22. The number of rotatable bonds is 3. The topological polar surface area (TPSA) is 77.9 Å². The highest BCUT2D eigenvalue weighted by Gasteiger charge is 2.67. The van der Waals surface area contributed by atoms with Gasteiger partial charge in [-0.1, -0.05) is 29.0 Å².